The number of ether oxygens (including phenoxy) is 1. The monoisotopic (exact) mass is 437 g/mol. The van der Waals surface area contributed by atoms with Crippen molar-refractivity contribution in [2.45, 2.75) is 31.8 Å². The number of imidazole rings is 1. The van der Waals surface area contributed by atoms with Crippen molar-refractivity contribution in [2.75, 3.05) is 25.4 Å². The Kier molecular flexibility index (Phi) is 6.61. The smallest absolute Gasteiger partial charge is 0.309 e. The quantitative estimate of drug-likeness (QED) is 0.427. The fourth-order valence-corrected chi connectivity index (χ4v) is 4.82. The second kappa shape index (κ2) is 9.56. The number of carbonyl (C=O) groups excluding carboxylic acids is 2. The van der Waals surface area contributed by atoms with Crippen molar-refractivity contribution in [3.63, 3.8) is 0 Å². The third kappa shape index (κ3) is 4.77. The van der Waals surface area contributed by atoms with Crippen molar-refractivity contribution in [1.29, 1.82) is 0 Å². The number of likely N-dealkylation sites (tertiary alicyclic amines) is 1. The lowest BCUT2D eigenvalue weighted by Crippen LogP contribution is -2.41. The summed E-state index contributed by atoms with van der Waals surface area (Å²) < 4.78 is 7.23. The summed E-state index contributed by atoms with van der Waals surface area (Å²) in [6.45, 7) is 5.47. The minimum absolute atomic E-state index is 0.0785. The summed E-state index contributed by atoms with van der Waals surface area (Å²) in [6, 6.07) is 16.3. The van der Waals surface area contributed by atoms with E-state index in [4.69, 9.17) is 9.72 Å². The Morgan fingerprint density at radius 1 is 1.10 bits per heavy atom. The molecule has 4 rings (SSSR count). The number of rotatable bonds is 6. The molecule has 1 aromatic heterocycles. The van der Waals surface area contributed by atoms with Crippen LogP contribution < -0.4 is 0 Å². The topological polar surface area (TPSA) is 64.4 Å². The molecule has 1 aliphatic heterocycles. The third-order valence-corrected chi connectivity index (χ3v) is 6.54. The largest absolute Gasteiger partial charge is 0.466 e. The van der Waals surface area contributed by atoms with Gasteiger partial charge < -0.3 is 9.64 Å². The molecule has 0 saturated carbocycles. The summed E-state index contributed by atoms with van der Waals surface area (Å²) in [5.41, 5.74) is 4.16. The third-order valence-electron chi connectivity index (χ3n) is 5.61. The molecule has 7 heteroatoms. The number of aromatic nitrogens is 2. The van der Waals surface area contributed by atoms with Gasteiger partial charge in [0.2, 0.25) is 5.91 Å². The molecule has 3 aromatic rings. The van der Waals surface area contributed by atoms with Gasteiger partial charge >= 0.3 is 5.97 Å². The lowest BCUT2D eigenvalue weighted by molar-refractivity contribution is -0.151. The molecule has 2 heterocycles. The van der Waals surface area contributed by atoms with Crippen LogP contribution in [-0.4, -0.2) is 51.8 Å². The van der Waals surface area contributed by atoms with E-state index in [2.05, 4.69) is 35.8 Å². The van der Waals surface area contributed by atoms with Gasteiger partial charge in [-0.2, -0.15) is 0 Å². The summed E-state index contributed by atoms with van der Waals surface area (Å²) in [5.74, 6) is 0.159. The van der Waals surface area contributed by atoms with Crippen LogP contribution in [0.15, 0.2) is 53.7 Å². The number of benzene rings is 2. The van der Waals surface area contributed by atoms with Crippen molar-refractivity contribution >= 4 is 34.7 Å². The van der Waals surface area contributed by atoms with Gasteiger partial charge in [-0.15, -0.1) is 0 Å². The SMILES string of the molecule is CCOC(=O)C1CCN(C(=O)CSc2nc3ccccc3n2-c2ccc(C)cc2)CC1. The van der Waals surface area contributed by atoms with Crippen molar-refractivity contribution in [3.05, 3.63) is 54.1 Å². The Bertz CT molecular complexity index is 1070. The predicted octanol–water partition coefficient (Wildman–Crippen LogP) is 4.23. The number of fused-ring (bicyclic) bond motifs is 1. The van der Waals surface area contributed by atoms with Crippen LogP contribution in [0.4, 0.5) is 0 Å². The fourth-order valence-electron chi connectivity index (χ4n) is 3.89. The van der Waals surface area contributed by atoms with E-state index in [1.165, 1.54) is 17.3 Å². The molecule has 0 unspecified atom stereocenters. The molecule has 162 valence electrons. The van der Waals surface area contributed by atoms with Gasteiger partial charge in [-0.1, -0.05) is 41.6 Å². The first kappa shape index (κ1) is 21.4. The lowest BCUT2D eigenvalue weighted by atomic mass is 9.97. The number of aryl methyl sites for hydroxylation is 1. The number of nitrogens with zero attached hydrogens (tertiary/aromatic N) is 3. The number of thioether (sulfide) groups is 1. The summed E-state index contributed by atoms with van der Waals surface area (Å²) >= 11 is 1.46. The number of para-hydroxylation sites is 2. The van der Waals surface area contributed by atoms with E-state index in [0.717, 1.165) is 21.9 Å². The zero-order valence-corrected chi connectivity index (χ0v) is 18.7. The number of hydrogen-bond donors (Lipinski definition) is 0. The fraction of sp³-hybridized carbons (Fsp3) is 0.375. The minimum Gasteiger partial charge on any atom is -0.466 e. The zero-order valence-electron chi connectivity index (χ0n) is 17.9. The van der Waals surface area contributed by atoms with Crippen LogP contribution in [0, 0.1) is 12.8 Å². The van der Waals surface area contributed by atoms with Crippen molar-refractivity contribution < 1.29 is 14.3 Å². The first-order valence-corrected chi connectivity index (χ1v) is 11.7. The molecule has 0 bridgehead atoms. The molecule has 1 aliphatic rings. The second-order valence-electron chi connectivity index (χ2n) is 7.75. The molecular weight excluding hydrogens is 410 g/mol. The molecule has 1 saturated heterocycles. The molecule has 31 heavy (non-hydrogen) atoms. The first-order valence-electron chi connectivity index (χ1n) is 10.7. The van der Waals surface area contributed by atoms with Crippen molar-refractivity contribution in [3.8, 4) is 5.69 Å². The van der Waals surface area contributed by atoms with Gasteiger partial charge in [0.15, 0.2) is 5.16 Å². The Labute approximate surface area is 186 Å². The molecule has 0 N–H and O–H groups in total. The van der Waals surface area contributed by atoms with Gasteiger partial charge in [0.05, 0.1) is 29.3 Å². The highest BCUT2D eigenvalue weighted by atomic mass is 32.2. The number of esters is 1. The minimum atomic E-state index is -0.143. The standard InChI is InChI=1S/C24H27N3O3S/c1-3-30-23(29)18-12-14-26(15-13-18)22(28)16-31-24-25-20-6-4-5-7-21(20)27(24)19-10-8-17(2)9-11-19/h4-11,18H,3,12-16H2,1-2H3. The average Bonchev–Trinajstić information content (AvgIpc) is 3.16. The number of hydrogen-bond acceptors (Lipinski definition) is 5. The van der Waals surface area contributed by atoms with Crippen LogP contribution in [-0.2, 0) is 14.3 Å². The van der Waals surface area contributed by atoms with Crippen LogP contribution >= 0.6 is 11.8 Å². The van der Waals surface area contributed by atoms with E-state index in [1.54, 1.807) is 0 Å². The summed E-state index contributed by atoms with van der Waals surface area (Å²) in [4.78, 5) is 31.4. The molecule has 0 atom stereocenters. The number of amides is 1. The molecular formula is C24H27N3O3S. The summed E-state index contributed by atoms with van der Waals surface area (Å²) in [5, 5.41) is 0.805. The van der Waals surface area contributed by atoms with E-state index in [-0.39, 0.29) is 17.8 Å². The van der Waals surface area contributed by atoms with Crippen LogP contribution in [0.5, 0.6) is 0 Å². The highest BCUT2D eigenvalue weighted by molar-refractivity contribution is 7.99. The summed E-state index contributed by atoms with van der Waals surface area (Å²) in [6.07, 6.45) is 1.33. The number of piperidine rings is 1. The Morgan fingerprint density at radius 2 is 1.81 bits per heavy atom. The normalized spacial score (nSPS) is 14.7. The maximum Gasteiger partial charge on any atom is 0.309 e. The van der Waals surface area contributed by atoms with Gasteiger partial charge in [-0.25, -0.2) is 4.98 Å². The van der Waals surface area contributed by atoms with E-state index >= 15 is 0 Å². The molecule has 0 radical (unpaired) electrons. The Balaban J connectivity index is 1.46. The molecule has 0 aliphatic carbocycles. The molecule has 0 spiro atoms. The van der Waals surface area contributed by atoms with Crippen LogP contribution in [0.2, 0.25) is 0 Å². The molecule has 1 fully saturated rings. The molecule has 2 aromatic carbocycles. The van der Waals surface area contributed by atoms with Gasteiger partial charge in [0.25, 0.3) is 0 Å². The van der Waals surface area contributed by atoms with Crippen molar-refractivity contribution in [1.82, 2.24) is 14.5 Å². The lowest BCUT2D eigenvalue weighted by Gasteiger charge is -2.30. The zero-order chi connectivity index (χ0) is 21.8. The van der Waals surface area contributed by atoms with E-state index < -0.39 is 0 Å². The van der Waals surface area contributed by atoms with E-state index in [9.17, 15) is 9.59 Å². The average molecular weight is 438 g/mol. The van der Waals surface area contributed by atoms with Crippen LogP contribution in [0.1, 0.15) is 25.3 Å². The first-order chi connectivity index (χ1) is 15.1. The van der Waals surface area contributed by atoms with Gasteiger partial charge in [-0.3, -0.25) is 14.2 Å². The molecule has 1 amide bonds. The van der Waals surface area contributed by atoms with Crippen LogP contribution in [0.25, 0.3) is 16.7 Å². The summed E-state index contributed by atoms with van der Waals surface area (Å²) in [7, 11) is 0. The van der Waals surface area contributed by atoms with Crippen molar-refractivity contribution in [2.24, 2.45) is 5.92 Å². The van der Waals surface area contributed by atoms with Gasteiger partial charge in [0.1, 0.15) is 0 Å². The van der Waals surface area contributed by atoms with E-state index in [0.29, 0.717) is 38.3 Å². The molecule has 6 nitrogen and oxygen atoms in total. The maximum atomic E-state index is 12.8. The highest BCUT2D eigenvalue weighted by Crippen LogP contribution is 2.29. The maximum absolute atomic E-state index is 12.8. The van der Waals surface area contributed by atoms with Crippen LogP contribution in [0.3, 0.4) is 0 Å². The Morgan fingerprint density at radius 3 is 2.52 bits per heavy atom. The highest BCUT2D eigenvalue weighted by Gasteiger charge is 2.28. The van der Waals surface area contributed by atoms with Gasteiger partial charge in [-0.05, 0) is 51.0 Å². The number of carbonyl (C=O) groups is 2. The Hall–Kier alpha value is -2.80. The predicted molar refractivity (Wildman–Crippen MR) is 122 cm³/mol. The second-order valence-corrected chi connectivity index (χ2v) is 8.69. The van der Waals surface area contributed by atoms with E-state index in [1.807, 2.05) is 36.1 Å². The van der Waals surface area contributed by atoms with Gasteiger partial charge in [0, 0.05) is 18.8 Å².